The van der Waals surface area contributed by atoms with Crippen molar-refractivity contribution in [3.8, 4) is 23.1 Å². The molecule has 0 unspecified atom stereocenters. The summed E-state index contributed by atoms with van der Waals surface area (Å²) in [5.41, 5.74) is 2.55. The summed E-state index contributed by atoms with van der Waals surface area (Å²) in [5.74, 6) is 1.08. The van der Waals surface area contributed by atoms with E-state index in [-0.39, 0.29) is 13.0 Å². The smallest absolute Gasteiger partial charge is 0.407 e. The molecule has 0 saturated heterocycles. The van der Waals surface area contributed by atoms with Crippen LogP contribution < -0.4 is 20.7 Å². The van der Waals surface area contributed by atoms with Crippen molar-refractivity contribution in [2.24, 2.45) is 0 Å². The minimum Gasteiger partial charge on any atom is -0.496 e. The van der Waals surface area contributed by atoms with Gasteiger partial charge in [0.15, 0.2) is 12.2 Å². The molecule has 0 bridgehead atoms. The number of ether oxygens (including phenoxy) is 2. The second kappa shape index (κ2) is 11.9. The van der Waals surface area contributed by atoms with Gasteiger partial charge in [-0.2, -0.15) is 5.26 Å². The number of alkyl carbamates (subject to hydrolysis) is 1. The van der Waals surface area contributed by atoms with Crippen LogP contribution in [0.3, 0.4) is 0 Å². The molecule has 34 heavy (non-hydrogen) atoms. The summed E-state index contributed by atoms with van der Waals surface area (Å²) < 4.78 is 15.9. The Balaban J connectivity index is 1.56. The quantitative estimate of drug-likeness (QED) is 0.410. The van der Waals surface area contributed by atoms with E-state index in [2.05, 4.69) is 20.9 Å². The molecule has 1 atom stereocenters. The van der Waals surface area contributed by atoms with Crippen LogP contribution in [0.5, 0.6) is 5.75 Å². The SMILES string of the molecule is CC[C@@H](CC#N)OC(=O)NCc1cccc(NC(=O)Nc2ccc(-c3cnco3)c(OC)c2)c1. The lowest BCUT2D eigenvalue weighted by molar-refractivity contribution is 0.0971. The highest BCUT2D eigenvalue weighted by molar-refractivity contribution is 6.00. The Kier molecular flexibility index (Phi) is 8.46. The number of nitriles is 1. The van der Waals surface area contributed by atoms with Gasteiger partial charge in [-0.05, 0) is 36.2 Å². The van der Waals surface area contributed by atoms with Crippen LogP contribution in [-0.4, -0.2) is 30.3 Å². The number of anilines is 2. The topological polar surface area (TPSA) is 139 Å². The molecule has 0 aliphatic rings. The fourth-order valence-electron chi connectivity index (χ4n) is 3.11. The first-order chi connectivity index (χ1) is 16.5. The first-order valence-electron chi connectivity index (χ1n) is 10.6. The molecular weight excluding hydrogens is 438 g/mol. The first kappa shape index (κ1) is 24.1. The maximum absolute atomic E-state index is 12.5. The minimum atomic E-state index is -0.596. The second-order valence-electron chi connectivity index (χ2n) is 7.21. The van der Waals surface area contributed by atoms with Crippen LogP contribution in [0.2, 0.25) is 0 Å². The van der Waals surface area contributed by atoms with Crippen molar-refractivity contribution in [3.63, 3.8) is 0 Å². The zero-order valence-electron chi connectivity index (χ0n) is 18.8. The average Bonchev–Trinajstić information content (AvgIpc) is 3.37. The lowest BCUT2D eigenvalue weighted by Crippen LogP contribution is -2.28. The number of urea groups is 1. The summed E-state index contributed by atoms with van der Waals surface area (Å²) in [6.07, 6.45) is 2.58. The summed E-state index contributed by atoms with van der Waals surface area (Å²) >= 11 is 0. The molecule has 176 valence electrons. The van der Waals surface area contributed by atoms with Crippen LogP contribution in [0.25, 0.3) is 11.3 Å². The zero-order valence-corrected chi connectivity index (χ0v) is 18.8. The van der Waals surface area contributed by atoms with E-state index >= 15 is 0 Å². The molecule has 3 amide bonds. The molecule has 0 aliphatic carbocycles. The predicted molar refractivity (Wildman–Crippen MR) is 125 cm³/mol. The lowest BCUT2D eigenvalue weighted by Gasteiger charge is -2.14. The van der Waals surface area contributed by atoms with Gasteiger partial charge in [-0.3, -0.25) is 0 Å². The number of aromatic nitrogens is 1. The molecule has 0 saturated carbocycles. The summed E-state index contributed by atoms with van der Waals surface area (Å²) in [5, 5.41) is 16.9. The van der Waals surface area contributed by atoms with Gasteiger partial charge in [-0.1, -0.05) is 19.1 Å². The second-order valence-corrected chi connectivity index (χ2v) is 7.21. The Morgan fingerprint density at radius 2 is 1.97 bits per heavy atom. The van der Waals surface area contributed by atoms with Crippen LogP contribution in [0.4, 0.5) is 21.0 Å². The van der Waals surface area contributed by atoms with Crippen LogP contribution in [-0.2, 0) is 11.3 Å². The zero-order chi connectivity index (χ0) is 24.3. The van der Waals surface area contributed by atoms with Crippen molar-refractivity contribution in [2.75, 3.05) is 17.7 Å². The summed E-state index contributed by atoms with van der Waals surface area (Å²) in [6.45, 7) is 2.05. The molecule has 1 aromatic heterocycles. The molecule has 2 aromatic carbocycles. The Labute approximate surface area is 196 Å². The van der Waals surface area contributed by atoms with Crippen LogP contribution in [0, 0.1) is 11.3 Å². The summed E-state index contributed by atoms with van der Waals surface area (Å²) in [4.78, 5) is 28.3. The Morgan fingerprint density at radius 3 is 2.65 bits per heavy atom. The molecule has 10 nitrogen and oxygen atoms in total. The highest BCUT2D eigenvalue weighted by Gasteiger charge is 2.13. The molecule has 10 heteroatoms. The highest BCUT2D eigenvalue weighted by atomic mass is 16.6. The van der Waals surface area contributed by atoms with E-state index in [0.717, 1.165) is 5.56 Å². The molecule has 3 aromatic rings. The van der Waals surface area contributed by atoms with E-state index in [1.807, 2.05) is 19.1 Å². The van der Waals surface area contributed by atoms with Gasteiger partial charge >= 0.3 is 12.1 Å². The maximum Gasteiger partial charge on any atom is 0.407 e. The Morgan fingerprint density at radius 1 is 1.18 bits per heavy atom. The molecule has 1 heterocycles. The normalized spacial score (nSPS) is 11.1. The summed E-state index contributed by atoms with van der Waals surface area (Å²) in [6, 6.07) is 13.8. The number of hydrogen-bond acceptors (Lipinski definition) is 7. The number of nitrogens with zero attached hydrogens (tertiary/aromatic N) is 2. The molecule has 3 rings (SSSR count). The maximum atomic E-state index is 12.5. The minimum absolute atomic E-state index is 0.146. The molecule has 3 N–H and O–H groups in total. The molecule has 0 aliphatic heterocycles. The predicted octanol–water partition coefficient (Wildman–Crippen LogP) is 4.91. The Bertz CT molecular complexity index is 1160. The van der Waals surface area contributed by atoms with Gasteiger partial charge < -0.3 is 29.8 Å². The van der Waals surface area contributed by atoms with Crippen LogP contribution >= 0.6 is 0 Å². The number of benzene rings is 2. The number of oxazole rings is 1. The van der Waals surface area contributed by atoms with E-state index in [1.54, 1.807) is 42.6 Å². The Hall–Kier alpha value is -4.52. The van der Waals surface area contributed by atoms with Crippen molar-refractivity contribution < 1.29 is 23.5 Å². The van der Waals surface area contributed by atoms with Gasteiger partial charge in [0.25, 0.3) is 0 Å². The van der Waals surface area contributed by atoms with Crippen molar-refractivity contribution in [1.82, 2.24) is 10.3 Å². The largest absolute Gasteiger partial charge is 0.496 e. The molecule has 0 spiro atoms. The fourth-order valence-corrected chi connectivity index (χ4v) is 3.11. The van der Waals surface area contributed by atoms with Crippen LogP contribution in [0.15, 0.2) is 59.5 Å². The molecule has 0 fully saturated rings. The first-order valence-corrected chi connectivity index (χ1v) is 10.6. The van der Waals surface area contributed by atoms with Crippen molar-refractivity contribution in [1.29, 1.82) is 5.26 Å². The lowest BCUT2D eigenvalue weighted by atomic mass is 10.1. The van der Waals surface area contributed by atoms with Crippen LogP contribution in [0.1, 0.15) is 25.3 Å². The number of rotatable bonds is 9. The highest BCUT2D eigenvalue weighted by Crippen LogP contribution is 2.32. The van der Waals surface area contributed by atoms with E-state index in [9.17, 15) is 9.59 Å². The number of carbonyl (C=O) groups excluding carboxylic acids is 2. The van der Waals surface area contributed by atoms with Crippen molar-refractivity contribution in [2.45, 2.75) is 32.4 Å². The van der Waals surface area contributed by atoms with E-state index < -0.39 is 18.2 Å². The standard InChI is InChI=1S/C24H25N5O5/c1-3-19(9-10-25)34-24(31)27-13-16-5-4-6-17(11-16)28-23(30)29-18-7-8-20(21(12-18)32-2)22-14-26-15-33-22/h4-8,11-12,14-15,19H,3,9,13H2,1-2H3,(H,27,31)(H2,28,29,30)/t19-/m0/s1. The van der Waals surface area contributed by atoms with Gasteiger partial charge in [-0.15, -0.1) is 0 Å². The van der Waals surface area contributed by atoms with Crippen molar-refractivity contribution >= 4 is 23.5 Å². The number of amides is 3. The molecular formula is C24H25N5O5. The van der Waals surface area contributed by atoms with Gasteiger partial charge in [0, 0.05) is 24.0 Å². The van der Waals surface area contributed by atoms with E-state index in [4.69, 9.17) is 19.2 Å². The van der Waals surface area contributed by atoms with E-state index in [0.29, 0.717) is 34.9 Å². The third-order valence-corrected chi connectivity index (χ3v) is 4.83. The monoisotopic (exact) mass is 463 g/mol. The van der Waals surface area contributed by atoms with Gasteiger partial charge in [0.1, 0.15) is 11.9 Å². The summed E-state index contributed by atoms with van der Waals surface area (Å²) in [7, 11) is 1.53. The third-order valence-electron chi connectivity index (χ3n) is 4.83. The average molecular weight is 463 g/mol. The number of nitrogens with one attached hydrogen (secondary N) is 3. The van der Waals surface area contributed by atoms with Gasteiger partial charge in [0.2, 0.25) is 0 Å². The number of methoxy groups -OCH3 is 1. The van der Waals surface area contributed by atoms with Crippen molar-refractivity contribution in [3.05, 3.63) is 60.6 Å². The van der Waals surface area contributed by atoms with E-state index in [1.165, 1.54) is 13.5 Å². The molecule has 0 radical (unpaired) electrons. The van der Waals surface area contributed by atoms with Gasteiger partial charge in [0.05, 0.1) is 31.4 Å². The third kappa shape index (κ3) is 6.74. The number of carbonyl (C=O) groups is 2. The number of hydrogen-bond donors (Lipinski definition) is 3. The fraction of sp³-hybridized carbons (Fsp3) is 0.250. The van der Waals surface area contributed by atoms with Gasteiger partial charge in [-0.25, -0.2) is 14.6 Å².